The minimum atomic E-state index is -0.503. The Morgan fingerprint density at radius 3 is 2.48 bits per heavy atom. The third-order valence-corrected chi connectivity index (χ3v) is 5.90. The molecule has 0 radical (unpaired) electrons. The average molecular weight is 465 g/mol. The monoisotopic (exact) mass is 465 g/mol. The highest BCUT2D eigenvalue weighted by atomic mass is 32.2. The Kier molecular flexibility index (Phi) is 6.45. The zero-order chi connectivity index (χ0) is 23.4. The molecule has 1 unspecified atom stereocenters. The van der Waals surface area contributed by atoms with E-state index in [-0.39, 0.29) is 24.3 Å². The van der Waals surface area contributed by atoms with Crippen molar-refractivity contribution in [3.8, 4) is 11.5 Å². The van der Waals surface area contributed by atoms with Crippen LogP contribution in [0.2, 0.25) is 0 Å². The summed E-state index contributed by atoms with van der Waals surface area (Å²) in [6, 6.07) is 17.8. The van der Waals surface area contributed by atoms with Crippen molar-refractivity contribution in [2.24, 2.45) is 0 Å². The van der Waals surface area contributed by atoms with Crippen molar-refractivity contribution in [2.75, 3.05) is 17.4 Å². The fourth-order valence-electron chi connectivity index (χ4n) is 3.10. The number of fused-ring (bicyclic) bond motifs is 1. The Bertz CT molecular complexity index is 1220. The van der Waals surface area contributed by atoms with E-state index in [9.17, 15) is 19.7 Å². The Morgan fingerprint density at radius 1 is 1.00 bits per heavy atom. The maximum absolute atomic E-state index is 12.9. The second-order valence-corrected chi connectivity index (χ2v) is 8.48. The number of non-ortho nitro benzene ring substituents is 1. The van der Waals surface area contributed by atoms with Crippen LogP contribution in [0.4, 0.5) is 17.1 Å². The molecular formula is C23H19N3O6S. The summed E-state index contributed by atoms with van der Waals surface area (Å²) in [4.78, 5) is 36.7. The van der Waals surface area contributed by atoms with Crippen molar-refractivity contribution < 1.29 is 24.0 Å². The van der Waals surface area contributed by atoms with Crippen molar-refractivity contribution in [1.29, 1.82) is 0 Å². The first kappa shape index (κ1) is 22.2. The molecule has 0 bridgehead atoms. The summed E-state index contributed by atoms with van der Waals surface area (Å²) in [5.74, 6) is 0.466. The van der Waals surface area contributed by atoms with Crippen molar-refractivity contribution in [3.63, 3.8) is 0 Å². The summed E-state index contributed by atoms with van der Waals surface area (Å²) < 4.78 is 10.6. The molecule has 1 aliphatic rings. The Balaban J connectivity index is 1.42. The second kappa shape index (κ2) is 9.61. The van der Waals surface area contributed by atoms with Crippen LogP contribution in [-0.4, -0.2) is 28.8 Å². The molecule has 0 aliphatic carbocycles. The van der Waals surface area contributed by atoms with Crippen LogP contribution in [0.1, 0.15) is 17.3 Å². The highest BCUT2D eigenvalue weighted by Gasteiger charge is 2.20. The number of carbonyl (C=O) groups excluding carboxylic acids is 2. The lowest BCUT2D eigenvalue weighted by molar-refractivity contribution is -0.384. The topological polar surface area (TPSA) is 120 Å². The van der Waals surface area contributed by atoms with Crippen LogP contribution in [-0.2, 0) is 4.79 Å². The molecule has 1 atom stereocenters. The highest BCUT2D eigenvalue weighted by molar-refractivity contribution is 8.00. The van der Waals surface area contributed by atoms with Gasteiger partial charge in [0, 0.05) is 28.8 Å². The van der Waals surface area contributed by atoms with Gasteiger partial charge in [-0.25, -0.2) is 0 Å². The molecular weight excluding hydrogens is 446 g/mol. The summed E-state index contributed by atoms with van der Waals surface area (Å²) in [5.41, 5.74) is 1.19. The van der Waals surface area contributed by atoms with Gasteiger partial charge in [-0.1, -0.05) is 12.1 Å². The lowest BCUT2D eigenvalue weighted by Crippen LogP contribution is -2.24. The number of nitro benzene ring substituents is 1. The summed E-state index contributed by atoms with van der Waals surface area (Å²) in [7, 11) is 0. The van der Waals surface area contributed by atoms with Crippen LogP contribution in [0.5, 0.6) is 11.5 Å². The number of para-hydroxylation sites is 1. The smallest absolute Gasteiger partial charge is 0.269 e. The molecule has 9 nitrogen and oxygen atoms in total. The molecule has 10 heteroatoms. The quantitative estimate of drug-likeness (QED) is 0.295. The minimum absolute atomic E-state index is 0.0150. The fraction of sp³-hybridized carbons (Fsp3) is 0.130. The molecule has 0 spiro atoms. The van der Waals surface area contributed by atoms with E-state index < -0.39 is 10.2 Å². The predicted molar refractivity (Wildman–Crippen MR) is 124 cm³/mol. The summed E-state index contributed by atoms with van der Waals surface area (Å²) >= 11 is 1.26. The maximum Gasteiger partial charge on any atom is 0.269 e. The lowest BCUT2D eigenvalue weighted by atomic mass is 10.1. The largest absolute Gasteiger partial charge is 0.454 e. The van der Waals surface area contributed by atoms with Crippen molar-refractivity contribution in [2.45, 2.75) is 17.1 Å². The third kappa shape index (κ3) is 5.24. The number of amides is 2. The molecule has 1 aliphatic heterocycles. The Morgan fingerprint density at radius 2 is 1.73 bits per heavy atom. The summed E-state index contributed by atoms with van der Waals surface area (Å²) in [6.07, 6.45) is 0. The number of anilines is 2. The van der Waals surface area contributed by atoms with Gasteiger partial charge in [-0.2, -0.15) is 0 Å². The van der Waals surface area contributed by atoms with Crippen LogP contribution in [0, 0.1) is 10.1 Å². The molecule has 0 aromatic heterocycles. The molecule has 1 heterocycles. The maximum atomic E-state index is 12.9. The van der Waals surface area contributed by atoms with Gasteiger partial charge in [0.1, 0.15) is 0 Å². The Labute approximate surface area is 193 Å². The lowest BCUT2D eigenvalue weighted by Gasteiger charge is -2.15. The van der Waals surface area contributed by atoms with Gasteiger partial charge < -0.3 is 20.1 Å². The van der Waals surface area contributed by atoms with Gasteiger partial charge in [-0.05, 0) is 43.3 Å². The van der Waals surface area contributed by atoms with Gasteiger partial charge in [0.05, 0.1) is 21.4 Å². The van der Waals surface area contributed by atoms with Crippen LogP contribution in [0.25, 0.3) is 0 Å². The first-order chi connectivity index (χ1) is 15.9. The van der Waals surface area contributed by atoms with Gasteiger partial charge in [0.15, 0.2) is 11.5 Å². The normalized spacial score (nSPS) is 12.6. The summed E-state index contributed by atoms with van der Waals surface area (Å²) in [6.45, 7) is 1.86. The zero-order valence-corrected chi connectivity index (χ0v) is 18.3. The molecule has 168 valence electrons. The van der Waals surface area contributed by atoms with E-state index in [2.05, 4.69) is 10.6 Å². The zero-order valence-electron chi connectivity index (χ0n) is 17.4. The number of nitrogens with zero attached hydrogens (tertiary/aromatic N) is 1. The highest BCUT2D eigenvalue weighted by Crippen LogP contribution is 2.34. The van der Waals surface area contributed by atoms with E-state index >= 15 is 0 Å². The fourth-order valence-corrected chi connectivity index (χ4v) is 3.97. The number of hydrogen-bond donors (Lipinski definition) is 2. The van der Waals surface area contributed by atoms with Gasteiger partial charge in [-0.15, -0.1) is 11.8 Å². The number of thioether (sulfide) groups is 1. The number of carbonyl (C=O) groups is 2. The van der Waals surface area contributed by atoms with Gasteiger partial charge >= 0.3 is 0 Å². The molecule has 0 saturated heterocycles. The SMILES string of the molecule is CC(Sc1ccc([N+](=O)[O-])cc1)C(=O)Nc1ccccc1C(=O)Nc1ccc2c(c1)OCO2. The van der Waals surface area contributed by atoms with Crippen LogP contribution < -0.4 is 20.1 Å². The van der Waals surface area contributed by atoms with Crippen molar-refractivity contribution >= 4 is 40.6 Å². The van der Waals surface area contributed by atoms with E-state index in [0.29, 0.717) is 28.4 Å². The van der Waals surface area contributed by atoms with Crippen LogP contribution in [0.3, 0.4) is 0 Å². The third-order valence-electron chi connectivity index (χ3n) is 4.79. The molecule has 0 saturated carbocycles. The number of nitrogens with one attached hydrogen (secondary N) is 2. The predicted octanol–water partition coefficient (Wildman–Crippen LogP) is 4.70. The standard InChI is InChI=1S/C23H19N3O6S/c1-14(33-17-9-7-16(8-10-17)26(29)30)22(27)25-19-5-3-2-4-18(19)23(28)24-15-6-11-20-21(12-15)32-13-31-20/h2-12,14H,13H2,1H3,(H,24,28)(H,25,27). The van der Waals surface area contributed by atoms with Crippen LogP contribution >= 0.6 is 11.8 Å². The number of rotatable bonds is 7. The van der Waals surface area contributed by atoms with E-state index in [4.69, 9.17) is 9.47 Å². The minimum Gasteiger partial charge on any atom is -0.454 e. The number of benzene rings is 3. The number of ether oxygens (including phenoxy) is 2. The number of nitro groups is 1. The van der Waals surface area contributed by atoms with Crippen molar-refractivity contribution in [1.82, 2.24) is 0 Å². The second-order valence-electron chi connectivity index (χ2n) is 7.07. The van der Waals surface area contributed by atoms with Gasteiger partial charge in [0.2, 0.25) is 12.7 Å². The molecule has 3 aromatic rings. The summed E-state index contributed by atoms with van der Waals surface area (Å²) in [5, 5.41) is 15.9. The average Bonchev–Trinajstić information content (AvgIpc) is 3.27. The molecule has 2 amide bonds. The molecule has 4 rings (SSSR count). The molecule has 2 N–H and O–H groups in total. The molecule has 3 aromatic carbocycles. The van der Waals surface area contributed by atoms with Gasteiger partial charge in [-0.3, -0.25) is 19.7 Å². The Hall–Kier alpha value is -4.05. The molecule has 33 heavy (non-hydrogen) atoms. The van der Waals surface area contributed by atoms with E-state index in [1.807, 2.05) is 0 Å². The number of hydrogen-bond acceptors (Lipinski definition) is 7. The van der Waals surface area contributed by atoms with E-state index in [1.165, 1.54) is 23.9 Å². The first-order valence-corrected chi connectivity index (χ1v) is 10.8. The van der Waals surface area contributed by atoms with Crippen molar-refractivity contribution in [3.05, 3.63) is 82.4 Å². The molecule has 0 fully saturated rings. The first-order valence-electron chi connectivity index (χ1n) is 9.93. The van der Waals surface area contributed by atoms with E-state index in [1.54, 1.807) is 61.5 Å². The van der Waals surface area contributed by atoms with Crippen LogP contribution in [0.15, 0.2) is 71.6 Å². The van der Waals surface area contributed by atoms with E-state index in [0.717, 1.165) is 4.90 Å². The van der Waals surface area contributed by atoms with Gasteiger partial charge in [0.25, 0.3) is 11.6 Å².